The van der Waals surface area contributed by atoms with E-state index in [0.29, 0.717) is 23.1 Å². The van der Waals surface area contributed by atoms with Crippen LogP contribution in [0.3, 0.4) is 0 Å². The molecule has 0 saturated carbocycles. The number of thioether (sulfide) groups is 2. The second-order valence-electron chi connectivity index (χ2n) is 7.94. The number of aromatic nitrogens is 3. The van der Waals surface area contributed by atoms with Gasteiger partial charge < -0.3 is 5.11 Å². The minimum Gasteiger partial charge on any atom is -0.390 e. The molecule has 0 bridgehead atoms. The van der Waals surface area contributed by atoms with Crippen LogP contribution in [0.5, 0.6) is 0 Å². The van der Waals surface area contributed by atoms with E-state index in [-0.39, 0.29) is 11.6 Å². The molecule has 32 heavy (non-hydrogen) atoms. The largest absolute Gasteiger partial charge is 0.390 e. The minimum absolute atomic E-state index is 0.0880. The zero-order valence-electron chi connectivity index (χ0n) is 17.5. The maximum absolute atomic E-state index is 13.5. The number of nitrogens with zero attached hydrogens (tertiary/aromatic N) is 3. The molecule has 2 aromatic heterocycles. The topological polar surface area (TPSA) is 68.0 Å². The van der Waals surface area contributed by atoms with Crippen molar-refractivity contribution >= 4 is 61.1 Å². The first-order valence-corrected chi connectivity index (χ1v) is 13.6. The van der Waals surface area contributed by atoms with Gasteiger partial charge in [-0.2, -0.15) is 11.8 Å². The molecule has 1 fully saturated rings. The van der Waals surface area contributed by atoms with Gasteiger partial charge in [0.1, 0.15) is 5.03 Å². The molecule has 1 saturated heterocycles. The number of benzene rings is 2. The van der Waals surface area contributed by atoms with Crippen molar-refractivity contribution in [3.05, 3.63) is 74.9 Å². The van der Waals surface area contributed by atoms with Gasteiger partial charge in [0, 0.05) is 17.3 Å². The fraction of sp³-hybridized carbons (Fsp3) is 0.292. The van der Waals surface area contributed by atoms with Gasteiger partial charge in [0.05, 0.1) is 33.8 Å². The highest BCUT2D eigenvalue weighted by molar-refractivity contribution is 9.10. The highest BCUT2D eigenvalue weighted by atomic mass is 79.9. The Morgan fingerprint density at radius 2 is 2.03 bits per heavy atom. The second-order valence-corrected chi connectivity index (χ2v) is 10.7. The monoisotopic (exact) mass is 527 g/mol. The summed E-state index contributed by atoms with van der Waals surface area (Å²) >= 11 is 6.93. The van der Waals surface area contributed by atoms with E-state index >= 15 is 0 Å². The molecular formula is C24H22BrN3O2S2. The van der Waals surface area contributed by atoms with Gasteiger partial charge in [0.25, 0.3) is 5.56 Å². The van der Waals surface area contributed by atoms with Gasteiger partial charge >= 0.3 is 0 Å². The summed E-state index contributed by atoms with van der Waals surface area (Å²) in [6, 6.07) is 11.9. The highest BCUT2D eigenvalue weighted by Crippen LogP contribution is 2.31. The average molecular weight is 528 g/mol. The molecule has 4 aromatic rings. The quantitative estimate of drug-likeness (QED) is 0.295. The first-order valence-electron chi connectivity index (χ1n) is 10.4. The maximum Gasteiger partial charge on any atom is 0.261 e. The summed E-state index contributed by atoms with van der Waals surface area (Å²) in [4.78, 5) is 22.8. The van der Waals surface area contributed by atoms with Crippen molar-refractivity contribution < 1.29 is 5.11 Å². The molecule has 2 aromatic carbocycles. The van der Waals surface area contributed by atoms with Crippen molar-refractivity contribution in [1.29, 1.82) is 0 Å². The number of hydrogen-bond acceptors (Lipinski definition) is 6. The molecule has 1 N–H and O–H groups in total. The smallest absolute Gasteiger partial charge is 0.261 e. The van der Waals surface area contributed by atoms with Crippen LogP contribution in [0.1, 0.15) is 23.6 Å². The highest BCUT2D eigenvalue weighted by Gasteiger charge is 2.26. The maximum atomic E-state index is 13.5. The molecule has 0 amide bonds. The van der Waals surface area contributed by atoms with Crippen LogP contribution in [0.2, 0.25) is 0 Å². The van der Waals surface area contributed by atoms with Gasteiger partial charge in [-0.25, -0.2) is 9.97 Å². The third-order valence-electron chi connectivity index (χ3n) is 5.98. The summed E-state index contributed by atoms with van der Waals surface area (Å²) in [6.07, 6.45) is 6.40. The zero-order chi connectivity index (χ0) is 22.2. The van der Waals surface area contributed by atoms with Crippen molar-refractivity contribution in [1.82, 2.24) is 14.5 Å². The van der Waals surface area contributed by atoms with E-state index < -0.39 is 6.10 Å². The van der Waals surface area contributed by atoms with Crippen LogP contribution in [0.25, 0.3) is 21.7 Å². The van der Waals surface area contributed by atoms with E-state index in [2.05, 4.69) is 38.0 Å². The summed E-state index contributed by atoms with van der Waals surface area (Å²) in [6.45, 7) is 0. The molecule has 8 heteroatoms. The molecule has 2 atom stereocenters. The van der Waals surface area contributed by atoms with E-state index in [0.717, 1.165) is 43.6 Å². The molecule has 3 heterocycles. The normalized spacial score (nSPS) is 19.0. The number of hydrogen-bond donors (Lipinski definition) is 1. The van der Waals surface area contributed by atoms with E-state index in [1.165, 1.54) is 0 Å². The average Bonchev–Trinajstić information content (AvgIpc) is 2.81. The zero-order valence-corrected chi connectivity index (χ0v) is 20.7. The Bertz CT molecular complexity index is 1370. The Kier molecular flexibility index (Phi) is 6.29. The lowest BCUT2D eigenvalue weighted by Gasteiger charge is -2.28. The molecular weight excluding hydrogens is 506 g/mol. The number of pyridine rings is 1. The number of rotatable bonds is 4. The Morgan fingerprint density at radius 1 is 1.22 bits per heavy atom. The van der Waals surface area contributed by atoms with E-state index in [9.17, 15) is 9.90 Å². The molecule has 0 aliphatic carbocycles. The van der Waals surface area contributed by atoms with Crippen LogP contribution >= 0.6 is 39.5 Å². The number of fused-ring (bicyclic) bond motifs is 3. The lowest BCUT2D eigenvalue weighted by Crippen LogP contribution is -2.36. The lowest BCUT2D eigenvalue weighted by atomic mass is 9.96. The van der Waals surface area contributed by atoms with E-state index in [1.807, 2.05) is 36.7 Å². The minimum atomic E-state index is -0.538. The van der Waals surface area contributed by atoms with Crippen LogP contribution in [0, 0.1) is 0 Å². The SMILES string of the molecule is CSc1ncc(Cc2cc3c(=O)n([C@H]4CCSC[C@@H]4O)cnc3c3ccccc23)cc1Br. The molecule has 5 rings (SSSR count). The van der Waals surface area contributed by atoms with E-state index in [1.54, 1.807) is 34.4 Å². The summed E-state index contributed by atoms with van der Waals surface area (Å²) in [5.74, 6) is 1.58. The number of aliphatic hydroxyl groups is 1. The van der Waals surface area contributed by atoms with E-state index in [4.69, 9.17) is 0 Å². The van der Waals surface area contributed by atoms with Gasteiger partial charge in [-0.05, 0) is 69.4 Å². The second kappa shape index (κ2) is 9.17. The van der Waals surface area contributed by atoms with Gasteiger partial charge in [0.2, 0.25) is 0 Å². The Hall–Kier alpha value is -1.87. The molecule has 5 nitrogen and oxygen atoms in total. The van der Waals surface area contributed by atoms with Gasteiger partial charge in [0.15, 0.2) is 0 Å². The molecule has 0 radical (unpaired) electrons. The molecule has 1 aliphatic rings. The van der Waals surface area contributed by atoms with Crippen LogP contribution in [-0.4, -0.2) is 43.5 Å². The Balaban J connectivity index is 1.67. The predicted molar refractivity (Wildman–Crippen MR) is 137 cm³/mol. The Labute approximate surface area is 202 Å². The fourth-order valence-corrected chi connectivity index (χ4v) is 6.73. The predicted octanol–water partition coefficient (Wildman–Crippen LogP) is 5.06. The third-order valence-corrected chi connectivity index (χ3v) is 8.66. The van der Waals surface area contributed by atoms with Crippen LogP contribution < -0.4 is 5.56 Å². The lowest BCUT2D eigenvalue weighted by molar-refractivity contribution is 0.126. The van der Waals surface area contributed by atoms with Crippen molar-refractivity contribution in [2.45, 2.75) is 30.0 Å². The van der Waals surface area contributed by atoms with Crippen LogP contribution in [-0.2, 0) is 6.42 Å². The van der Waals surface area contributed by atoms with Crippen molar-refractivity contribution in [2.24, 2.45) is 0 Å². The standard InChI is InChI=1S/C24H22BrN3O2S2/c1-31-23-19(25)9-14(11-26-23)8-15-10-18-22(17-5-3-2-4-16(15)17)27-13-28(24(18)30)20-6-7-32-12-21(20)29/h2-5,9-11,13,20-21,29H,6-8,12H2,1H3/t20-,21-/m0/s1. The van der Waals surface area contributed by atoms with Gasteiger partial charge in [-0.1, -0.05) is 24.3 Å². The summed E-state index contributed by atoms with van der Waals surface area (Å²) in [5.41, 5.74) is 2.76. The molecule has 0 unspecified atom stereocenters. The van der Waals surface area contributed by atoms with Crippen LogP contribution in [0.15, 0.2) is 63.2 Å². The van der Waals surface area contributed by atoms with Gasteiger partial charge in [-0.3, -0.25) is 9.36 Å². The molecule has 1 aliphatic heterocycles. The number of halogens is 1. The van der Waals surface area contributed by atoms with Crippen molar-refractivity contribution in [2.75, 3.05) is 17.8 Å². The van der Waals surface area contributed by atoms with Crippen LogP contribution in [0.4, 0.5) is 0 Å². The van der Waals surface area contributed by atoms with Gasteiger partial charge in [-0.15, -0.1) is 11.8 Å². The summed E-state index contributed by atoms with van der Waals surface area (Å²) in [5, 5.41) is 14.1. The van der Waals surface area contributed by atoms with Crippen molar-refractivity contribution in [3.63, 3.8) is 0 Å². The first-order chi connectivity index (χ1) is 15.6. The summed E-state index contributed by atoms with van der Waals surface area (Å²) in [7, 11) is 0. The number of aliphatic hydroxyl groups excluding tert-OH is 1. The molecule has 164 valence electrons. The fourth-order valence-electron chi connectivity index (χ4n) is 4.40. The molecule has 0 spiro atoms. The van der Waals surface area contributed by atoms with Crippen molar-refractivity contribution in [3.8, 4) is 0 Å². The third kappa shape index (κ3) is 3.98. The summed E-state index contributed by atoms with van der Waals surface area (Å²) < 4.78 is 2.61. The Morgan fingerprint density at radius 3 is 2.78 bits per heavy atom. The first kappa shape index (κ1) is 21.9.